The Bertz CT molecular complexity index is 477. The molecular formula is C11H14N2O4. The standard InChI is InChI=1S/C11H14N2O4/c1-7-9(3-4-16-7)11-12-10(17-13-11)5-8(14)6-15-2/h3-4,8,14H,5-6H2,1-2H3. The van der Waals surface area contributed by atoms with Crippen LogP contribution in [0.5, 0.6) is 0 Å². The number of aliphatic hydroxyl groups is 1. The molecule has 1 N–H and O–H groups in total. The number of aromatic nitrogens is 2. The molecular weight excluding hydrogens is 224 g/mol. The van der Waals surface area contributed by atoms with E-state index in [-0.39, 0.29) is 13.0 Å². The minimum absolute atomic E-state index is 0.239. The Balaban J connectivity index is 2.09. The summed E-state index contributed by atoms with van der Waals surface area (Å²) in [6.45, 7) is 2.06. The quantitative estimate of drug-likeness (QED) is 0.842. The van der Waals surface area contributed by atoms with Crippen molar-refractivity contribution in [2.24, 2.45) is 0 Å². The molecule has 0 spiro atoms. The van der Waals surface area contributed by atoms with Gasteiger partial charge in [0, 0.05) is 7.11 Å². The summed E-state index contributed by atoms with van der Waals surface area (Å²) in [4.78, 5) is 4.18. The van der Waals surface area contributed by atoms with Gasteiger partial charge in [-0.3, -0.25) is 0 Å². The second-order valence-electron chi connectivity index (χ2n) is 3.72. The van der Waals surface area contributed by atoms with Crippen LogP contribution in [0.1, 0.15) is 11.7 Å². The highest BCUT2D eigenvalue weighted by atomic mass is 16.5. The largest absolute Gasteiger partial charge is 0.469 e. The topological polar surface area (TPSA) is 81.5 Å². The number of rotatable bonds is 5. The predicted molar refractivity (Wildman–Crippen MR) is 58.3 cm³/mol. The summed E-state index contributed by atoms with van der Waals surface area (Å²) >= 11 is 0. The number of methoxy groups -OCH3 is 1. The van der Waals surface area contributed by atoms with E-state index in [1.54, 1.807) is 12.3 Å². The molecule has 6 nitrogen and oxygen atoms in total. The predicted octanol–water partition coefficient (Wildman–Crippen LogP) is 1.19. The molecule has 0 aliphatic heterocycles. The van der Waals surface area contributed by atoms with E-state index in [1.165, 1.54) is 7.11 Å². The van der Waals surface area contributed by atoms with Crippen molar-refractivity contribution in [1.29, 1.82) is 0 Å². The highest BCUT2D eigenvalue weighted by molar-refractivity contribution is 5.56. The van der Waals surface area contributed by atoms with Gasteiger partial charge in [0.15, 0.2) is 0 Å². The van der Waals surface area contributed by atoms with Crippen LogP contribution in [0.3, 0.4) is 0 Å². The molecule has 2 aromatic rings. The lowest BCUT2D eigenvalue weighted by Crippen LogP contribution is -2.17. The van der Waals surface area contributed by atoms with E-state index in [0.717, 1.165) is 11.3 Å². The monoisotopic (exact) mass is 238 g/mol. The Labute approximate surface area is 98.2 Å². The lowest BCUT2D eigenvalue weighted by Gasteiger charge is -2.04. The minimum atomic E-state index is -0.640. The summed E-state index contributed by atoms with van der Waals surface area (Å²) < 4.78 is 15.0. The summed E-state index contributed by atoms with van der Waals surface area (Å²) in [5, 5.41) is 13.4. The van der Waals surface area contributed by atoms with Gasteiger partial charge in [-0.15, -0.1) is 0 Å². The van der Waals surface area contributed by atoms with Crippen molar-refractivity contribution in [2.75, 3.05) is 13.7 Å². The molecule has 0 aromatic carbocycles. The highest BCUT2D eigenvalue weighted by Crippen LogP contribution is 2.21. The first kappa shape index (κ1) is 11.8. The lowest BCUT2D eigenvalue weighted by atomic mass is 10.2. The third-order valence-electron chi connectivity index (χ3n) is 2.34. The van der Waals surface area contributed by atoms with Gasteiger partial charge in [0.2, 0.25) is 11.7 Å². The molecule has 0 aliphatic carbocycles. The number of ether oxygens (including phenoxy) is 1. The maximum atomic E-state index is 9.53. The Kier molecular flexibility index (Phi) is 3.55. The molecule has 0 saturated carbocycles. The Morgan fingerprint density at radius 2 is 2.35 bits per heavy atom. The first-order valence-electron chi connectivity index (χ1n) is 5.24. The maximum absolute atomic E-state index is 9.53. The molecule has 0 saturated heterocycles. The van der Waals surface area contributed by atoms with Crippen LogP contribution in [0.25, 0.3) is 11.4 Å². The Morgan fingerprint density at radius 3 is 3.00 bits per heavy atom. The zero-order chi connectivity index (χ0) is 12.3. The van der Waals surface area contributed by atoms with Gasteiger partial charge in [-0.05, 0) is 13.0 Å². The number of furan rings is 1. The fourth-order valence-electron chi connectivity index (χ4n) is 1.52. The number of nitrogens with zero attached hydrogens (tertiary/aromatic N) is 2. The first-order chi connectivity index (χ1) is 8.20. The van der Waals surface area contributed by atoms with Gasteiger partial charge in [-0.25, -0.2) is 0 Å². The zero-order valence-corrected chi connectivity index (χ0v) is 9.71. The normalized spacial score (nSPS) is 12.9. The molecule has 0 amide bonds. The zero-order valence-electron chi connectivity index (χ0n) is 9.71. The number of aryl methyl sites for hydroxylation is 1. The van der Waals surface area contributed by atoms with Gasteiger partial charge in [-0.1, -0.05) is 5.16 Å². The van der Waals surface area contributed by atoms with Crippen LogP contribution in [0.15, 0.2) is 21.3 Å². The van der Waals surface area contributed by atoms with Gasteiger partial charge >= 0.3 is 0 Å². The van der Waals surface area contributed by atoms with Gasteiger partial charge in [0.05, 0.1) is 31.0 Å². The van der Waals surface area contributed by atoms with Crippen LogP contribution in [-0.2, 0) is 11.2 Å². The van der Waals surface area contributed by atoms with Crippen molar-refractivity contribution in [3.63, 3.8) is 0 Å². The molecule has 2 rings (SSSR count). The molecule has 92 valence electrons. The van der Waals surface area contributed by atoms with Crippen LogP contribution in [0, 0.1) is 6.92 Å². The lowest BCUT2D eigenvalue weighted by molar-refractivity contribution is 0.0599. The average Bonchev–Trinajstić information content (AvgIpc) is 2.87. The van der Waals surface area contributed by atoms with Crippen LogP contribution < -0.4 is 0 Å². The fourth-order valence-corrected chi connectivity index (χ4v) is 1.52. The van der Waals surface area contributed by atoms with Gasteiger partial charge in [0.25, 0.3) is 0 Å². The maximum Gasteiger partial charge on any atom is 0.229 e. The van der Waals surface area contributed by atoms with Crippen LogP contribution >= 0.6 is 0 Å². The molecule has 2 aromatic heterocycles. The summed E-state index contributed by atoms with van der Waals surface area (Å²) in [6, 6.07) is 1.77. The number of hydrogen-bond donors (Lipinski definition) is 1. The molecule has 1 atom stereocenters. The van der Waals surface area contributed by atoms with E-state index in [4.69, 9.17) is 13.7 Å². The smallest absolute Gasteiger partial charge is 0.229 e. The van der Waals surface area contributed by atoms with E-state index < -0.39 is 6.10 Å². The highest BCUT2D eigenvalue weighted by Gasteiger charge is 2.15. The van der Waals surface area contributed by atoms with Crippen molar-refractivity contribution in [2.45, 2.75) is 19.4 Å². The van der Waals surface area contributed by atoms with Gasteiger partial charge in [0.1, 0.15) is 5.76 Å². The van der Waals surface area contributed by atoms with Crippen LogP contribution in [-0.4, -0.2) is 35.1 Å². The van der Waals surface area contributed by atoms with Crippen molar-refractivity contribution >= 4 is 0 Å². The summed E-state index contributed by atoms with van der Waals surface area (Å²) in [5.74, 6) is 1.58. The van der Waals surface area contributed by atoms with E-state index in [2.05, 4.69) is 10.1 Å². The van der Waals surface area contributed by atoms with Gasteiger partial charge in [-0.2, -0.15) is 4.98 Å². The molecule has 6 heteroatoms. The first-order valence-corrected chi connectivity index (χ1v) is 5.24. The molecule has 0 aliphatic rings. The molecule has 17 heavy (non-hydrogen) atoms. The van der Waals surface area contributed by atoms with E-state index >= 15 is 0 Å². The fraction of sp³-hybridized carbons (Fsp3) is 0.455. The number of aliphatic hydroxyl groups excluding tert-OH is 1. The summed E-state index contributed by atoms with van der Waals surface area (Å²) in [6.07, 6.45) is 1.21. The Hall–Kier alpha value is -1.66. The summed E-state index contributed by atoms with van der Waals surface area (Å²) in [5.41, 5.74) is 0.793. The molecule has 2 heterocycles. The summed E-state index contributed by atoms with van der Waals surface area (Å²) in [7, 11) is 1.53. The minimum Gasteiger partial charge on any atom is -0.469 e. The second kappa shape index (κ2) is 5.11. The SMILES string of the molecule is COCC(O)Cc1nc(-c2ccoc2C)no1. The third-order valence-corrected chi connectivity index (χ3v) is 2.34. The second-order valence-corrected chi connectivity index (χ2v) is 3.72. The molecule has 1 unspecified atom stereocenters. The van der Waals surface area contributed by atoms with Crippen LogP contribution in [0.4, 0.5) is 0 Å². The van der Waals surface area contributed by atoms with E-state index in [1.807, 2.05) is 6.92 Å². The number of hydrogen-bond acceptors (Lipinski definition) is 6. The average molecular weight is 238 g/mol. The van der Waals surface area contributed by atoms with Crippen LogP contribution in [0.2, 0.25) is 0 Å². The van der Waals surface area contributed by atoms with Crippen molar-refractivity contribution in [3.8, 4) is 11.4 Å². The van der Waals surface area contributed by atoms with E-state index in [0.29, 0.717) is 11.7 Å². The molecule has 0 fully saturated rings. The van der Waals surface area contributed by atoms with Crippen molar-refractivity contribution in [3.05, 3.63) is 24.0 Å². The molecule has 0 radical (unpaired) electrons. The van der Waals surface area contributed by atoms with E-state index in [9.17, 15) is 5.11 Å². The van der Waals surface area contributed by atoms with Crippen molar-refractivity contribution in [1.82, 2.24) is 10.1 Å². The van der Waals surface area contributed by atoms with Gasteiger partial charge < -0.3 is 18.8 Å². The molecule has 0 bridgehead atoms. The van der Waals surface area contributed by atoms with Crippen molar-refractivity contribution < 1.29 is 18.8 Å². The third kappa shape index (κ3) is 2.72. The Morgan fingerprint density at radius 1 is 1.53 bits per heavy atom.